The van der Waals surface area contributed by atoms with Gasteiger partial charge in [0.05, 0.1) is 11.7 Å². The lowest BCUT2D eigenvalue weighted by Crippen LogP contribution is -2.44. The molecule has 0 bridgehead atoms. The van der Waals surface area contributed by atoms with E-state index in [1.807, 2.05) is 43.4 Å². The average molecular weight is 949 g/mol. The van der Waals surface area contributed by atoms with Crippen LogP contribution in [0.2, 0.25) is 0 Å². The second-order valence-corrected chi connectivity index (χ2v) is 21.3. The average Bonchev–Trinajstić information content (AvgIpc) is 3.71. The Labute approximate surface area is 427 Å². The molecule has 2 unspecified atom stereocenters. The number of para-hydroxylation sites is 1. The number of ether oxygens (including phenoxy) is 2. The van der Waals surface area contributed by atoms with E-state index in [4.69, 9.17) is 13.9 Å². The standard InChI is InChI=1S/C50H46N2O2.C17H22O/c1-31-15-11-18-34(27-31)51-42-29-44-47(39-22-9-7-20-37(39)42)48-40-23-10-8-21-38(40)43(30-45(48)53-44)52(35-19-12-16-32(2)28-35)46-26-13-17-33(3)36-24-14-25-41(49(36)54-46)50(4,5)6;1-7-8-11-15-13(2)10-9-12-16(17(4,5)6)18-14(15)3/h7-25,27-29,43,46,51H,3,26,30H2,1-2,4-6H3;7-12H,2-3H2,1,4-6H3/b17-13-;8-7-,10-9-,15-11-,16-12-. The van der Waals surface area contributed by atoms with Crippen LogP contribution in [0, 0.1) is 19.3 Å². The van der Waals surface area contributed by atoms with Crippen molar-refractivity contribution in [2.24, 2.45) is 5.41 Å². The number of hydrogen-bond donors (Lipinski definition) is 1. The molecule has 0 saturated carbocycles. The number of nitrogens with zero attached hydrogens (tertiary/aromatic N) is 1. The van der Waals surface area contributed by atoms with Crippen molar-refractivity contribution in [3.05, 3.63) is 246 Å². The number of hydrogen-bond acceptors (Lipinski definition) is 5. The normalized spacial score (nSPS) is 19.0. The summed E-state index contributed by atoms with van der Waals surface area (Å²) in [5, 5.41) is 7.23. The van der Waals surface area contributed by atoms with Crippen molar-refractivity contribution in [2.75, 3.05) is 10.2 Å². The molecule has 0 saturated heterocycles. The minimum atomic E-state index is -0.298. The smallest absolute Gasteiger partial charge is 0.176 e. The fourth-order valence-electron chi connectivity index (χ4n) is 10.1. The number of aryl methyl sites for hydroxylation is 2. The summed E-state index contributed by atoms with van der Waals surface area (Å²) >= 11 is 0. The molecular formula is C67H68N2O3. The molecule has 3 aliphatic rings. The molecule has 0 radical (unpaired) electrons. The summed E-state index contributed by atoms with van der Waals surface area (Å²) in [6, 6.07) is 43.5. The van der Waals surface area contributed by atoms with Gasteiger partial charge in [-0.1, -0.05) is 195 Å². The number of benzene rings is 6. The lowest BCUT2D eigenvalue weighted by molar-refractivity contribution is 0.179. The Bertz CT molecular complexity index is 3410. The first-order valence-electron chi connectivity index (χ1n) is 25.2. The Kier molecular flexibility index (Phi) is 13.8. The summed E-state index contributed by atoms with van der Waals surface area (Å²) < 4.78 is 20.3. The third-order valence-corrected chi connectivity index (χ3v) is 13.7. The first kappa shape index (κ1) is 49.2. The molecule has 5 nitrogen and oxygen atoms in total. The number of fused-ring (bicyclic) bond motifs is 8. The summed E-state index contributed by atoms with van der Waals surface area (Å²) in [5.41, 5.74) is 15.0. The lowest BCUT2D eigenvalue weighted by atomic mass is 9.83. The first-order valence-corrected chi connectivity index (χ1v) is 25.2. The Hall–Kier alpha value is -7.76. The van der Waals surface area contributed by atoms with Gasteiger partial charge in [-0.3, -0.25) is 0 Å². The topological polar surface area (TPSA) is 46.9 Å². The van der Waals surface area contributed by atoms with E-state index in [2.05, 4.69) is 219 Å². The maximum Gasteiger partial charge on any atom is 0.176 e. The molecule has 7 aromatic rings. The van der Waals surface area contributed by atoms with Gasteiger partial charge in [-0.15, -0.1) is 0 Å². The van der Waals surface area contributed by atoms with Gasteiger partial charge in [-0.05, 0) is 95.3 Å². The largest absolute Gasteiger partial charge is 0.469 e. The number of nitrogens with one attached hydrogen (secondary N) is 1. The summed E-state index contributed by atoms with van der Waals surface area (Å²) in [5.74, 6) is 3.46. The van der Waals surface area contributed by atoms with E-state index >= 15 is 0 Å². The van der Waals surface area contributed by atoms with Gasteiger partial charge in [0.2, 0.25) is 0 Å². The molecule has 1 aliphatic carbocycles. The highest BCUT2D eigenvalue weighted by Crippen LogP contribution is 2.51. The van der Waals surface area contributed by atoms with Crippen LogP contribution >= 0.6 is 0 Å². The molecule has 6 aromatic carbocycles. The fourth-order valence-corrected chi connectivity index (χ4v) is 10.1. The summed E-state index contributed by atoms with van der Waals surface area (Å²) in [6.45, 7) is 31.8. The monoisotopic (exact) mass is 949 g/mol. The van der Waals surface area contributed by atoms with E-state index in [0.29, 0.717) is 18.6 Å². The third-order valence-electron chi connectivity index (χ3n) is 13.7. The molecule has 3 heterocycles. The molecule has 0 amide bonds. The summed E-state index contributed by atoms with van der Waals surface area (Å²) in [7, 11) is 0. The van der Waals surface area contributed by atoms with Crippen molar-refractivity contribution >= 4 is 44.4 Å². The second-order valence-electron chi connectivity index (χ2n) is 21.3. The van der Waals surface area contributed by atoms with E-state index in [1.165, 1.54) is 44.2 Å². The van der Waals surface area contributed by atoms with E-state index in [0.717, 1.165) is 67.6 Å². The minimum absolute atomic E-state index is 0.0440. The van der Waals surface area contributed by atoms with Crippen molar-refractivity contribution in [3.8, 4) is 16.9 Å². The minimum Gasteiger partial charge on any atom is -0.469 e. The van der Waals surface area contributed by atoms with Gasteiger partial charge in [0, 0.05) is 68.7 Å². The second kappa shape index (κ2) is 20.2. The maximum atomic E-state index is 7.35. The zero-order valence-corrected chi connectivity index (χ0v) is 43.5. The first-order chi connectivity index (χ1) is 34.5. The van der Waals surface area contributed by atoms with Crippen molar-refractivity contribution in [1.29, 1.82) is 0 Å². The maximum absolute atomic E-state index is 7.35. The zero-order chi connectivity index (χ0) is 50.9. The molecular weight excluding hydrogens is 881 g/mol. The Morgan fingerprint density at radius 2 is 1.43 bits per heavy atom. The van der Waals surface area contributed by atoms with Gasteiger partial charge in [-0.2, -0.15) is 0 Å². The molecule has 1 aromatic heterocycles. The zero-order valence-electron chi connectivity index (χ0n) is 43.5. The quantitative estimate of drug-likeness (QED) is 0.180. The van der Waals surface area contributed by atoms with Gasteiger partial charge in [0.25, 0.3) is 0 Å². The highest BCUT2D eigenvalue weighted by molar-refractivity contribution is 6.18. The van der Waals surface area contributed by atoms with Gasteiger partial charge in [0.15, 0.2) is 6.23 Å². The van der Waals surface area contributed by atoms with Crippen molar-refractivity contribution in [2.45, 2.75) is 92.8 Å². The van der Waals surface area contributed by atoms with Crippen LogP contribution in [0.1, 0.15) is 94.5 Å². The van der Waals surface area contributed by atoms with E-state index < -0.39 is 0 Å². The molecule has 2 aliphatic heterocycles. The number of furan rings is 1. The Morgan fingerprint density at radius 1 is 0.722 bits per heavy atom. The molecule has 1 N–H and O–H groups in total. The van der Waals surface area contributed by atoms with E-state index in [-0.39, 0.29) is 23.1 Å². The Balaban J connectivity index is 0.000000302. The third kappa shape index (κ3) is 10.1. The Morgan fingerprint density at radius 3 is 2.17 bits per heavy atom. The van der Waals surface area contributed by atoms with Crippen LogP contribution < -0.4 is 15.0 Å². The lowest BCUT2D eigenvalue weighted by Gasteiger charge is -2.43. The van der Waals surface area contributed by atoms with Crippen LogP contribution in [0.4, 0.5) is 17.1 Å². The predicted molar refractivity (Wildman–Crippen MR) is 305 cm³/mol. The van der Waals surface area contributed by atoms with E-state index in [1.54, 1.807) is 0 Å². The molecule has 2 atom stereocenters. The van der Waals surface area contributed by atoms with Crippen LogP contribution in [0.5, 0.6) is 5.75 Å². The van der Waals surface area contributed by atoms with Crippen molar-refractivity contribution in [3.63, 3.8) is 0 Å². The summed E-state index contributed by atoms with van der Waals surface area (Å²) in [4.78, 5) is 2.51. The van der Waals surface area contributed by atoms with Gasteiger partial charge >= 0.3 is 0 Å². The number of rotatable bonds is 6. The molecule has 0 spiro atoms. The van der Waals surface area contributed by atoms with Crippen LogP contribution in [0.3, 0.4) is 0 Å². The molecule has 72 heavy (non-hydrogen) atoms. The van der Waals surface area contributed by atoms with Crippen LogP contribution in [-0.2, 0) is 16.6 Å². The van der Waals surface area contributed by atoms with Crippen molar-refractivity contribution < 1.29 is 13.9 Å². The number of allylic oxidation sites excluding steroid dienone is 10. The van der Waals surface area contributed by atoms with Crippen LogP contribution in [-0.4, -0.2) is 6.23 Å². The molecule has 10 rings (SSSR count). The van der Waals surface area contributed by atoms with Crippen LogP contribution in [0.25, 0.3) is 38.4 Å². The highest BCUT2D eigenvalue weighted by atomic mass is 16.5. The fraction of sp³-hybridized carbons (Fsp3) is 0.224. The molecule has 364 valence electrons. The van der Waals surface area contributed by atoms with Gasteiger partial charge < -0.3 is 24.1 Å². The number of anilines is 3. The van der Waals surface area contributed by atoms with Gasteiger partial charge in [0.1, 0.15) is 28.6 Å². The molecule has 5 heteroatoms. The van der Waals surface area contributed by atoms with Crippen LogP contribution in [0.15, 0.2) is 217 Å². The van der Waals surface area contributed by atoms with Gasteiger partial charge in [-0.25, -0.2) is 0 Å². The predicted octanol–water partition coefficient (Wildman–Crippen LogP) is 18.5. The highest BCUT2D eigenvalue weighted by Gasteiger charge is 2.38. The molecule has 0 fully saturated rings. The van der Waals surface area contributed by atoms with Crippen molar-refractivity contribution in [1.82, 2.24) is 0 Å². The van der Waals surface area contributed by atoms with E-state index in [9.17, 15) is 0 Å². The SMILES string of the molecule is C=C1/C=C\C=C(\C(C)(C)C)OC(=C)/C1=C\C=C/C.C=C1/C=C\CC(N(c2cccc(C)c2)C2Cc3oc4cc(Nc5cccc(C)c5)c5ccccc5c4c3-c3ccccc32)Oc2c1cccc2C(C)(C)C. The summed E-state index contributed by atoms with van der Waals surface area (Å²) in [6.07, 6.45) is 17.3.